The first kappa shape index (κ1) is 19.0. The largest absolute Gasteiger partial charge is 0.508 e. The van der Waals surface area contributed by atoms with Gasteiger partial charge in [-0.3, -0.25) is 0 Å². The lowest BCUT2D eigenvalue weighted by atomic mass is 9.89. The first-order valence-electron chi connectivity index (χ1n) is 9.02. The van der Waals surface area contributed by atoms with E-state index in [1.54, 1.807) is 36.4 Å². The molecule has 0 heterocycles. The van der Waals surface area contributed by atoms with Crippen LogP contribution in [0.5, 0.6) is 11.5 Å². The molecular weight excluding hydrogens is 384 g/mol. The SMILES string of the molecule is O=C(O)c1ccc(O)cc1-c1cccc2c(-c3cc(O)ccc3C(=O)O)cccc12. The van der Waals surface area contributed by atoms with Crippen molar-refractivity contribution in [2.45, 2.75) is 0 Å². The average Bonchev–Trinajstić information content (AvgIpc) is 2.72. The maximum absolute atomic E-state index is 11.7. The van der Waals surface area contributed by atoms with E-state index in [2.05, 4.69) is 0 Å². The molecule has 0 spiro atoms. The van der Waals surface area contributed by atoms with Crippen LogP contribution in [-0.4, -0.2) is 32.4 Å². The lowest BCUT2D eigenvalue weighted by Crippen LogP contribution is -2.00. The highest BCUT2D eigenvalue weighted by atomic mass is 16.4. The number of aromatic hydroxyl groups is 2. The molecule has 0 saturated carbocycles. The molecule has 0 amide bonds. The lowest BCUT2D eigenvalue weighted by Gasteiger charge is -2.14. The van der Waals surface area contributed by atoms with Crippen molar-refractivity contribution in [3.8, 4) is 33.8 Å². The van der Waals surface area contributed by atoms with Gasteiger partial charge >= 0.3 is 11.9 Å². The zero-order valence-electron chi connectivity index (χ0n) is 15.5. The normalized spacial score (nSPS) is 10.8. The Kier molecular flexibility index (Phi) is 4.60. The molecule has 30 heavy (non-hydrogen) atoms. The van der Waals surface area contributed by atoms with Crippen LogP contribution >= 0.6 is 0 Å². The molecule has 4 N–H and O–H groups in total. The topological polar surface area (TPSA) is 115 Å². The van der Waals surface area contributed by atoms with Gasteiger partial charge in [-0.25, -0.2) is 9.59 Å². The van der Waals surface area contributed by atoms with Gasteiger partial charge in [-0.1, -0.05) is 36.4 Å². The van der Waals surface area contributed by atoms with Crippen LogP contribution in [0.1, 0.15) is 20.7 Å². The molecule has 0 bridgehead atoms. The van der Waals surface area contributed by atoms with Gasteiger partial charge in [0.25, 0.3) is 0 Å². The third-order valence-electron chi connectivity index (χ3n) is 4.97. The van der Waals surface area contributed by atoms with E-state index in [9.17, 15) is 30.0 Å². The molecule has 4 aromatic rings. The molecule has 0 atom stereocenters. The molecule has 0 aliphatic carbocycles. The van der Waals surface area contributed by atoms with Gasteiger partial charge in [0.15, 0.2) is 0 Å². The number of phenolic OH excluding ortho intramolecular Hbond substituents is 2. The fourth-order valence-electron chi connectivity index (χ4n) is 3.66. The summed E-state index contributed by atoms with van der Waals surface area (Å²) in [6.07, 6.45) is 0. The summed E-state index contributed by atoms with van der Waals surface area (Å²) >= 11 is 0. The Morgan fingerprint density at radius 3 is 1.30 bits per heavy atom. The second-order valence-electron chi connectivity index (χ2n) is 6.78. The second kappa shape index (κ2) is 7.25. The molecule has 0 aromatic heterocycles. The number of hydrogen-bond donors (Lipinski definition) is 4. The monoisotopic (exact) mass is 400 g/mol. The minimum absolute atomic E-state index is 0.0364. The number of benzene rings is 4. The summed E-state index contributed by atoms with van der Waals surface area (Å²) in [5.41, 5.74) is 1.93. The minimum Gasteiger partial charge on any atom is -0.508 e. The van der Waals surface area contributed by atoms with E-state index < -0.39 is 11.9 Å². The van der Waals surface area contributed by atoms with Crippen molar-refractivity contribution in [3.05, 3.63) is 83.9 Å². The summed E-state index contributed by atoms with van der Waals surface area (Å²) in [6.45, 7) is 0. The highest BCUT2D eigenvalue weighted by molar-refractivity contribution is 6.10. The van der Waals surface area contributed by atoms with E-state index >= 15 is 0 Å². The molecule has 0 aliphatic heterocycles. The standard InChI is InChI=1S/C24H16O6/c25-13-7-9-19(23(27)28)21(11-13)17-5-1-3-15-16(17)4-2-6-18(15)22-12-14(26)8-10-20(22)24(29)30/h1-12,25-26H,(H,27,28)(H,29,30). The van der Waals surface area contributed by atoms with Crippen LogP contribution in [0.25, 0.3) is 33.0 Å². The summed E-state index contributed by atoms with van der Waals surface area (Å²) in [7, 11) is 0. The minimum atomic E-state index is -1.13. The van der Waals surface area contributed by atoms with Crippen LogP contribution in [0.3, 0.4) is 0 Å². The quantitative estimate of drug-likeness (QED) is 0.384. The summed E-state index contributed by atoms with van der Waals surface area (Å²) in [5, 5.41) is 40.4. The van der Waals surface area contributed by atoms with Gasteiger partial charge in [-0.2, -0.15) is 0 Å². The van der Waals surface area contributed by atoms with Crippen molar-refractivity contribution in [2.75, 3.05) is 0 Å². The third kappa shape index (κ3) is 3.20. The van der Waals surface area contributed by atoms with E-state index in [4.69, 9.17) is 0 Å². The highest BCUT2D eigenvalue weighted by Gasteiger charge is 2.18. The first-order valence-corrected chi connectivity index (χ1v) is 9.02. The molecule has 0 radical (unpaired) electrons. The Bertz CT molecular complexity index is 1220. The molecular formula is C24H16O6. The molecule has 6 heteroatoms. The van der Waals surface area contributed by atoms with E-state index in [-0.39, 0.29) is 22.6 Å². The smallest absolute Gasteiger partial charge is 0.336 e. The van der Waals surface area contributed by atoms with Crippen molar-refractivity contribution in [1.29, 1.82) is 0 Å². The van der Waals surface area contributed by atoms with Crippen LogP contribution in [0.15, 0.2) is 72.8 Å². The Hall–Kier alpha value is -4.32. The average molecular weight is 400 g/mol. The van der Waals surface area contributed by atoms with Crippen molar-refractivity contribution >= 4 is 22.7 Å². The van der Waals surface area contributed by atoms with Gasteiger partial charge < -0.3 is 20.4 Å². The van der Waals surface area contributed by atoms with Gasteiger partial charge in [0.2, 0.25) is 0 Å². The van der Waals surface area contributed by atoms with Crippen LogP contribution in [-0.2, 0) is 0 Å². The van der Waals surface area contributed by atoms with E-state index in [1.165, 1.54) is 36.4 Å². The number of hydrogen-bond acceptors (Lipinski definition) is 4. The Balaban J connectivity index is 2.05. The molecule has 148 valence electrons. The maximum atomic E-state index is 11.7. The van der Waals surface area contributed by atoms with Crippen molar-refractivity contribution in [2.24, 2.45) is 0 Å². The van der Waals surface area contributed by atoms with Gasteiger partial charge in [-0.05, 0) is 58.3 Å². The number of fused-ring (bicyclic) bond motifs is 1. The number of aromatic carboxylic acids is 2. The molecule has 0 aliphatic rings. The summed E-state index contributed by atoms with van der Waals surface area (Å²) in [6, 6.07) is 18.7. The molecule has 0 unspecified atom stereocenters. The number of carboxylic acid groups (broad SMARTS) is 2. The molecule has 0 fully saturated rings. The van der Waals surface area contributed by atoms with Gasteiger partial charge in [0.1, 0.15) is 11.5 Å². The number of rotatable bonds is 4. The van der Waals surface area contributed by atoms with E-state index in [1.807, 2.05) is 0 Å². The van der Waals surface area contributed by atoms with Crippen molar-refractivity contribution in [1.82, 2.24) is 0 Å². The number of carbonyl (C=O) groups is 2. The molecule has 4 rings (SSSR count). The van der Waals surface area contributed by atoms with Gasteiger partial charge in [0.05, 0.1) is 11.1 Å². The Morgan fingerprint density at radius 1 is 0.533 bits per heavy atom. The fourth-order valence-corrected chi connectivity index (χ4v) is 3.66. The zero-order chi connectivity index (χ0) is 21.4. The lowest BCUT2D eigenvalue weighted by molar-refractivity contribution is 0.0686. The van der Waals surface area contributed by atoms with Crippen LogP contribution in [0.2, 0.25) is 0 Å². The zero-order valence-corrected chi connectivity index (χ0v) is 15.5. The second-order valence-corrected chi connectivity index (χ2v) is 6.78. The molecule has 6 nitrogen and oxygen atoms in total. The first-order chi connectivity index (χ1) is 14.4. The summed E-state index contributed by atoms with van der Waals surface area (Å²) < 4.78 is 0. The van der Waals surface area contributed by atoms with Crippen LogP contribution in [0, 0.1) is 0 Å². The Labute approximate surface area is 170 Å². The van der Waals surface area contributed by atoms with Crippen molar-refractivity contribution in [3.63, 3.8) is 0 Å². The molecule has 4 aromatic carbocycles. The van der Waals surface area contributed by atoms with Gasteiger partial charge in [-0.15, -0.1) is 0 Å². The molecule has 0 saturated heterocycles. The fraction of sp³-hybridized carbons (Fsp3) is 0. The summed E-state index contributed by atoms with van der Waals surface area (Å²) in [4.78, 5) is 23.4. The Morgan fingerprint density at radius 2 is 0.933 bits per heavy atom. The number of phenols is 2. The van der Waals surface area contributed by atoms with Gasteiger partial charge in [0, 0.05) is 11.1 Å². The third-order valence-corrected chi connectivity index (χ3v) is 4.97. The number of carboxylic acids is 2. The van der Waals surface area contributed by atoms with Crippen LogP contribution in [0.4, 0.5) is 0 Å². The predicted molar refractivity (Wildman–Crippen MR) is 112 cm³/mol. The van der Waals surface area contributed by atoms with E-state index in [0.717, 1.165) is 0 Å². The van der Waals surface area contributed by atoms with E-state index in [0.29, 0.717) is 33.0 Å². The highest BCUT2D eigenvalue weighted by Crippen LogP contribution is 2.38. The summed E-state index contributed by atoms with van der Waals surface area (Å²) in [5.74, 6) is -2.38. The van der Waals surface area contributed by atoms with Crippen LogP contribution < -0.4 is 0 Å². The maximum Gasteiger partial charge on any atom is 0.336 e. The predicted octanol–water partition coefficient (Wildman–Crippen LogP) is 4.98. The van der Waals surface area contributed by atoms with Crippen molar-refractivity contribution < 1.29 is 30.0 Å².